The Kier molecular flexibility index (Phi) is 7.15. The van der Waals surface area contributed by atoms with Crippen LogP contribution in [0.5, 0.6) is 5.75 Å². The Labute approximate surface area is 164 Å². The number of rotatable bonds is 7. The van der Waals surface area contributed by atoms with Crippen molar-refractivity contribution >= 4 is 0 Å². The lowest BCUT2D eigenvalue weighted by Gasteiger charge is -2.36. The molecule has 152 valence electrons. The second-order valence-electron chi connectivity index (χ2n) is 8.31. The third-order valence-electron chi connectivity index (χ3n) is 6.75. The first-order valence-electron chi connectivity index (χ1n) is 10.5. The highest BCUT2D eigenvalue weighted by Crippen LogP contribution is 2.29. The summed E-state index contributed by atoms with van der Waals surface area (Å²) >= 11 is 0. The van der Waals surface area contributed by atoms with E-state index in [1.807, 2.05) is 0 Å². The average Bonchev–Trinajstić information content (AvgIpc) is 3.07. The van der Waals surface area contributed by atoms with Crippen LogP contribution >= 0.6 is 0 Å². The Balaban J connectivity index is 1.59. The van der Waals surface area contributed by atoms with Gasteiger partial charge >= 0.3 is 0 Å². The van der Waals surface area contributed by atoms with Gasteiger partial charge in [-0.15, -0.1) is 0 Å². The second kappa shape index (κ2) is 9.37. The quantitative estimate of drug-likeness (QED) is 0.789. The summed E-state index contributed by atoms with van der Waals surface area (Å²) < 4.78 is 5.45. The van der Waals surface area contributed by atoms with Crippen LogP contribution in [0.4, 0.5) is 0 Å². The minimum Gasteiger partial charge on any atom is -0.496 e. The molecule has 0 aromatic heterocycles. The summed E-state index contributed by atoms with van der Waals surface area (Å²) in [4.78, 5) is 7.66. The van der Waals surface area contributed by atoms with Gasteiger partial charge in [-0.05, 0) is 55.0 Å². The molecule has 3 rings (SSSR count). The first-order chi connectivity index (χ1) is 13.0. The minimum atomic E-state index is 0.302. The van der Waals surface area contributed by atoms with Gasteiger partial charge in [-0.3, -0.25) is 4.90 Å². The lowest BCUT2D eigenvalue weighted by Crippen LogP contribution is -2.48. The van der Waals surface area contributed by atoms with Crippen molar-refractivity contribution in [2.75, 3.05) is 66.1 Å². The molecule has 1 N–H and O–H groups in total. The Morgan fingerprint density at radius 3 is 2.26 bits per heavy atom. The van der Waals surface area contributed by atoms with Gasteiger partial charge in [-0.25, -0.2) is 0 Å². The Hall–Kier alpha value is -1.14. The monoisotopic (exact) mass is 375 g/mol. The predicted octanol–water partition coefficient (Wildman–Crippen LogP) is 1.99. The van der Waals surface area contributed by atoms with Crippen LogP contribution in [-0.4, -0.2) is 85.9 Å². The fraction of sp³-hybridized carbons (Fsp3) is 0.727. The number of piperazine rings is 1. The zero-order valence-corrected chi connectivity index (χ0v) is 17.6. The van der Waals surface area contributed by atoms with Gasteiger partial charge in [-0.2, -0.15) is 0 Å². The summed E-state index contributed by atoms with van der Waals surface area (Å²) in [6.07, 6.45) is 0. The zero-order valence-electron chi connectivity index (χ0n) is 17.6. The summed E-state index contributed by atoms with van der Waals surface area (Å²) in [6, 6.07) is 4.29. The molecule has 2 saturated heterocycles. The van der Waals surface area contributed by atoms with E-state index in [4.69, 9.17) is 4.74 Å². The van der Waals surface area contributed by atoms with Crippen LogP contribution in [0.25, 0.3) is 0 Å². The summed E-state index contributed by atoms with van der Waals surface area (Å²) in [6.45, 7) is 16.9. The molecule has 2 atom stereocenters. The molecule has 0 amide bonds. The second-order valence-corrected chi connectivity index (χ2v) is 8.31. The molecule has 1 aromatic carbocycles. The van der Waals surface area contributed by atoms with Crippen molar-refractivity contribution in [2.45, 2.75) is 27.3 Å². The number of nitrogens with zero attached hydrogens (tertiary/aromatic N) is 3. The predicted molar refractivity (Wildman–Crippen MR) is 110 cm³/mol. The van der Waals surface area contributed by atoms with Crippen LogP contribution in [0, 0.1) is 25.7 Å². The molecular weight excluding hydrogens is 338 g/mol. The molecule has 2 fully saturated rings. The lowest BCUT2D eigenvalue weighted by molar-refractivity contribution is 0.106. The number of likely N-dealkylation sites (tertiary alicyclic amines) is 1. The maximum absolute atomic E-state index is 9.93. The molecule has 0 aliphatic carbocycles. The maximum atomic E-state index is 9.93. The third-order valence-corrected chi connectivity index (χ3v) is 6.75. The Morgan fingerprint density at radius 1 is 0.963 bits per heavy atom. The molecule has 27 heavy (non-hydrogen) atoms. The molecule has 1 aromatic rings. The Morgan fingerprint density at radius 2 is 1.63 bits per heavy atom. The summed E-state index contributed by atoms with van der Waals surface area (Å²) in [5, 5.41) is 9.93. The normalized spacial score (nSPS) is 25.2. The average molecular weight is 376 g/mol. The molecule has 0 radical (unpaired) electrons. The van der Waals surface area contributed by atoms with Crippen molar-refractivity contribution in [2.24, 2.45) is 11.8 Å². The molecule has 2 heterocycles. The standard InChI is InChI=1S/C22H37N3O2/c1-5-23-8-10-24(11-9-23)13-20-14-25(15-21(20)16-26)12-19-6-7-22(27-4)18(3)17(19)2/h6-7,20-21,26H,5,8-16H2,1-4H3. The highest BCUT2D eigenvalue weighted by Gasteiger charge is 2.34. The van der Waals surface area contributed by atoms with Crippen LogP contribution in [0.15, 0.2) is 12.1 Å². The molecule has 5 heteroatoms. The number of aliphatic hydroxyl groups is 1. The van der Waals surface area contributed by atoms with Gasteiger partial charge in [0.25, 0.3) is 0 Å². The van der Waals surface area contributed by atoms with Crippen molar-refractivity contribution in [1.82, 2.24) is 14.7 Å². The molecule has 5 nitrogen and oxygen atoms in total. The molecular formula is C22H37N3O2. The van der Waals surface area contributed by atoms with Gasteiger partial charge in [0, 0.05) is 59.0 Å². The Bertz CT molecular complexity index is 614. The summed E-state index contributed by atoms with van der Waals surface area (Å²) in [5.74, 6) is 1.94. The maximum Gasteiger partial charge on any atom is 0.122 e. The molecule has 0 saturated carbocycles. The van der Waals surface area contributed by atoms with Crippen LogP contribution in [0.3, 0.4) is 0 Å². The number of likely N-dealkylation sites (N-methyl/N-ethyl adjacent to an activating group) is 1. The molecule has 2 unspecified atom stereocenters. The fourth-order valence-electron chi connectivity index (χ4n) is 4.68. The van der Waals surface area contributed by atoms with E-state index >= 15 is 0 Å². The van der Waals surface area contributed by atoms with Crippen molar-refractivity contribution in [3.63, 3.8) is 0 Å². The smallest absolute Gasteiger partial charge is 0.122 e. The minimum absolute atomic E-state index is 0.302. The van der Waals surface area contributed by atoms with Gasteiger partial charge in [0.15, 0.2) is 0 Å². The number of hydrogen-bond donors (Lipinski definition) is 1. The first-order valence-corrected chi connectivity index (χ1v) is 10.5. The first kappa shape index (κ1) is 20.6. The van der Waals surface area contributed by atoms with E-state index in [1.165, 1.54) is 42.9 Å². The van der Waals surface area contributed by atoms with Gasteiger partial charge < -0.3 is 19.6 Å². The molecule has 0 bridgehead atoms. The number of aliphatic hydroxyl groups excluding tert-OH is 1. The van der Waals surface area contributed by atoms with Gasteiger partial charge in [0.1, 0.15) is 5.75 Å². The van der Waals surface area contributed by atoms with Crippen molar-refractivity contribution in [1.29, 1.82) is 0 Å². The van der Waals surface area contributed by atoms with Gasteiger partial charge in [0.05, 0.1) is 7.11 Å². The number of benzene rings is 1. The largest absolute Gasteiger partial charge is 0.496 e. The van der Waals surface area contributed by atoms with Crippen LogP contribution in [0.2, 0.25) is 0 Å². The van der Waals surface area contributed by atoms with Crippen LogP contribution in [0.1, 0.15) is 23.6 Å². The van der Waals surface area contributed by atoms with E-state index in [9.17, 15) is 5.11 Å². The van der Waals surface area contributed by atoms with E-state index < -0.39 is 0 Å². The van der Waals surface area contributed by atoms with Crippen molar-refractivity contribution in [3.8, 4) is 5.75 Å². The van der Waals surface area contributed by atoms with E-state index in [0.29, 0.717) is 18.4 Å². The highest BCUT2D eigenvalue weighted by atomic mass is 16.5. The lowest BCUT2D eigenvalue weighted by atomic mass is 9.96. The van der Waals surface area contributed by atoms with Gasteiger partial charge in [-0.1, -0.05) is 13.0 Å². The SMILES string of the molecule is CCN1CCN(CC2CN(Cc3ccc(OC)c(C)c3C)CC2CO)CC1. The highest BCUT2D eigenvalue weighted by molar-refractivity contribution is 5.43. The summed E-state index contributed by atoms with van der Waals surface area (Å²) in [7, 11) is 1.73. The molecule has 0 spiro atoms. The fourth-order valence-corrected chi connectivity index (χ4v) is 4.68. The van der Waals surface area contributed by atoms with E-state index in [-0.39, 0.29) is 0 Å². The van der Waals surface area contributed by atoms with Crippen LogP contribution in [-0.2, 0) is 6.54 Å². The summed E-state index contributed by atoms with van der Waals surface area (Å²) in [5.41, 5.74) is 3.94. The van der Waals surface area contributed by atoms with E-state index in [0.717, 1.165) is 38.5 Å². The molecule has 2 aliphatic heterocycles. The van der Waals surface area contributed by atoms with E-state index in [1.54, 1.807) is 7.11 Å². The number of hydrogen-bond acceptors (Lipinski definition) is 5. The topological polar surface area (TPSA) is 39.2 Å². The van der Waals surface area contributed by atoms with Gasteiger partial charge in [0.2, 0.25) is 0 Å². The third kappa shape index (κ3) is 4.83. The van der Waals surface area contributed by atoms with Crippen molar-refractivity contribution < 1.29 is 9.84 Å². The number of ether oxygens (including phenoxy) is 1. The van der Waals surface area contributed by atoms with Crippen LogP contribution < -0.4 is 4.74 Å². The van der Waals surface area contributed by atoms with Crippen molar-refractivity contribution in [3.05, 3.63) is 28.8 Å². The van der Waals surface area contributed by atoms with E-state index in [2.05, 4.69) is 47.6 Å². The number of methoxy groups -OCH3 is 1. The molecule has 2 aliphatic rings. The zero-order chi connectivity index (χ0) is 19.4.